The van der Waals surface area contributed by atoms with E-state index in [1.54, 1.807) is 0 Å². The van der Waals surface area contributed by atoms with Crippen molar-refractivity contribution in [3.63, 3.8) is 0 Å². The fourth-order valence-electron chi connectivity index (χ4n) is 1.36. The van der Waals surface area contributed by atoms with Gasteiger partial charge in [0.1, 0.15) is 6.04 Å². The summed E-state index contributed by atoms with van der Waals surface area (Å²) in [5, 5.41) is 0. The molecule has 0 aromatic heterocycles. The monoisotopic (exact) mass is 169 g/mol. The lowest BCUT2D eigenvalue weighted by Gasteiger charge is -2.02. The average Bonchev–Trinajstić information content (AvgIpc) is 2.51. The van der Waals surface area contributed by atoms with E-state index < -0.39 is 0 Å². The number of hydrogen-bond donors (Lipinski definition) is 0. The van der Waals surface area contributed by atoms with Crippen LogP contribution in [0.25, 0.3) is 0 Å². The summed E-state index contributed by atoms with van der Waals surface area (Å²) in [5.74, 6) is 0.255. The number of ether oxygens (including phenoxy) is 1. The molecule has 3 nitrogen and oxygen atoms in total. The van der Waals surface area contributed by atoms with Gasteiger partial charge in [0.25, 0.3) is 0 Å². The third kappa shape index (κ3) is 1.84. The number of nitrogens with zero attached hydrogens (tertiary/aromatic N) is 1. The van der Waals surface area contributed by atoms with Gasteiger partial charge >= 0.3 is 5.97 Å². The third-order valence-electron chi connectivity index (χ3n) is 2.14. The van der Waals surface area contributed by atoms with Crippen LogP contribution in [-0.4, -0.2) is 24.8 Å². The largest absolute Gasteiger partial charge is 0.467 e. The van der Waals surface area contributed by atoms with Gasteiger partial charge in [0.15, 0.2) is 0 Å². The molecule has 0 spiro atoms. The number of hydrogen-bond acceptors (Lipinski definition) is 3. The molecule has 12 heavy (non-hydrogen) atoms. The van der Waals surface area contributed by atoms with Crippen LogP contribution in [0.3, 0.4) is 0 Å². The topological polar surface area (TPSA) is 38.7 Å². The van der Waals surface area contributed by atoms with Gasteiger partial charge in [-0.25, -0.2) is 4.79 Å². The van der Waals surface area contributed by atoms with Crippen molar-refractivity contribution >= 4 is 11.7 Å². The van der Waals surface area contributed by atoms with Crippen molar-refractivity contribution in [3.8, 4) is 0 Å². The SMILES string of the molecule is COC(=O)[C@H]1CCC(C(C)C)=N1. The van der Waals surface area contributed by atoms with E-state index in [0.717, 1.165) is 18.6 Å². The highest BCUT2D eigenvalue weighted by Crippen LogP contribution is 2.18. The molecule has 0 unspecified atom stereocenters. The van der Waals surface area contributed by atoms with Crippen molar-refractivity contribution in [2.24, 2.45) is 10.9 Å². The number of aliphatic imine (C=N–C) groups is 1. The molecular weight excluding hydrogens is 154 g/mol. The van der Waals surface area contributed by atoms with Crippen LogP contribution < -0.4 is 0 Å². The van der Waals surface area contributed by atoms with Gasteiger partial charge < -0.3 is 4.74 Å². The normalized spacial score (nSPS) is 22.7. The lowest BCUT2D eigenvalue weighted by molar-refractivity contribution is -0.141. The van der Waals surface area contributed by atoms with Gasteiger partial charge in [-0.15, -0.1) is 0 Å². The van der Waals surface area contributed by atoms with Gasteiger partial charge in [-0.3, -0.25) is 4.99 Å². The first-order chi connectivity index (χ1) is 5.65. The van der Waals surface area contributed by atoms with Crippen molar-refractivity contribution in [2.75, 3.05) is 7.11 Å². The highest BCUT2D eigenvalue weighted by molar-refractivity contribution is 5.92. The van der Waals surface area contributed by atoms with Crippen molar-refractivity contribution in [1.29, 1.82) is 0 Å². The Balaban J connectivity index is 2.58. The molecule has 0 N–H and O–H groups in total. The Morgan fingerprint density at radius 2 is 2.33 bits per heavy atom. The molecule has 1 rings (SSSR count). The summed E-state index contributed by atoms with van der Waals surface area (Å²) in [7, 11) is 1.41. The van der Waals surface area contributed by atoms with Crippen LogP contribution in [0.2, 0.25) is 0 Å². The summed E-state index contributed by atoms with van der Waals surface area (Å²) in [6.07, 6.45) is 1.76. The number of esters is 1. The molecule has 0 aromatic rings. The van der Waals surface area contributed by atoms with Crippen LogP contribution in [0.1, 0.15) is 26.7 Å². The van der Waals surface area contributed by atoms with E-state index in [4.69, 9.17) is 0 Å². The van der Waals surface area contributed by atoms with Crippen molar-refractivity contribution in [3.05, 3.63) is 0 Å². The molecule has 0 saturated carbocycles. The number of methoxy groups -OCH3 is 1. The fraction of sp³-hybridized carbons (Fsp3) is 0.778. The number of carbonyl (C=O) groups excluding carboxylic acids is 1. The lowest BCUT2D eigenvalue weighted by Crippen LogP contribution is -2.17. The molecule has 3 heteroatoms. The highest BCUT2D eigenvalue weighted by Gasteiger charge is 2.25. The van der Waals surface area contributed by atoms with Crippen molar-refractivity contribution in [2.45, 2.75) is 32.7 Å². The Morgan fingerprint density at radius 3 is 2.75 bits per heavy atom. The van der Waals surface area contributed by atoms with Gasteiger partial charge in [0, 0.05) is 5.71 Å². The standard InChI is InChI=1S/C9H15NO2/c1-6(2)7-4-5-8(10-7)9(11)12-3/h6,8H,4-5H2,1-3H3/t8-/m1/s1. The molecule has 0 aliphatic carbocycles. The van der Waals surface area contributed by atoms with Gasteiger partial charge in [0.2, 0.25) is 0 Å². The van der Waals surface area contributed by atoms with Gasteiger partial charge in [-0.05, 0) is 18.8 Å². The zero-order valence-corrected chi connectivity index (χ0v) is 7.83. The predicted octanol–water partition coefficient (Wildman–Crippen LogP) is 1.42. The molecule has 1 atom stereocenters. The maximum Gasteiger partial charge on any atom is 0.330 e. The lowest BCUT2D eigenvalue weighted by atomic mass is 10.1. The van der Waals surface area contributed by atoms with Crippen LogP contribution in [-0.2, 0) is 9.53 Å². The third-order valence-corrected chi connectivity index (χ3v) is 2.14. The molecule has 0 saturated heterocycles. The zero-order chi connectivity index (χ0) is 9.14. The Kier molecular flexibility index (Phi) is 2.84. The van der Waals surface area contributed by atoms with E-state index in [9.17, 15) is 4.79 Å². The quantitative estimate of drug-likeness (QED) is 0.586. The summed E-state index contributed by atoms with van der Waals surface area (Å²) < 4.78 is 4.62. The average molecular weight is 169 g/mol. The second-order valence-electron chi connectivity index (χ2n) is 3.35. The molecule has 1 aliphatic rings. The molecule has 0 bridgehead atoms. The summed E-state index contributed by atoms with van der Waals surface area (Å²) in [4.78, 5) is 15.4. The molecule has 68 valence electrons. The van der Waals surface area contributed by atoms with Crippen LogP contribution in [0.15, 0.2) is 4.99 Å². The van der Waals surface area contributed by atoms with Crippen LogP contribution in [0.5, 0.6) is 0 Å². The smallest absolute Gasteiger partial charge is 0.330 e. The minimum absolute atomic E-state index is 0.203. The first-order valence-electron chi connectivity index (χ1n) is 4.29. The maximum absolute atomic E-state index is 11.1. The van der Waals surface area contributed by atoms with E-state index in [2.05, 4.69) is 23.6 Å². The van der Waals surface area contributed by atoms with E-state index in [1.807, 2.05) is 0 Å². The van der Waals surface area contributed by atoms with E-state index in [0.29, 0.717) is 5.92 Å². The molecule has 1 heterocycles. The molecule has 0 amide bonds. The first kappa shape index (κ1) is 9.23. The van der Waals surface area contributed by atoms with Crippen LogP contribution >= 0.6 is 0 Å². The molecule has 0 fully saturated rings. The summed E-state index contributed by atoms with van der Waals surface area (Å²) >= 11 is 0. The fourth-order valence-corrected chi connectivity index (χ4v) is 1.36. The molecular formula is C9H15NO2. The highest BCUT2D eigenvalue weighted by atomic mass is 16.5. The van der Waals surface area contributed by atoms with Gasteiger partial charge in [0.05, 0.1) is 7.11 Å². The van der Waals surface area contributed by atoms with Crippen LogP contribution in [0, 0.1) is 5.92 Å². The molecule has 1 aliphatic heterocycles. The number of carbonyl (C=O) groups is 1. The molecule has 0 radical (unpaired) electrons. The molecule has 0 aromatic carbocycles. The Hall–Kier alpha value is -0.860. The summed E-state index contributed by atoms with van der Waals surface area (Å²) in [6.45, 7) is 4.19. The maximum atomic E-state index is 11.1. The van der Waals surface area contributed by atoms with E-state index in [-0.39, 0.29) is 12.0 Å². The van der Waals surface area contributed by atoms with Crippen molar-refractivity contribution in [1.82, 2.24) is 0 Å². The van der Waals surface area contributed by atoms with E-state index in [1.165, 1.54) is 7.11 Å². The Labute approximate surface area is 72.8 Å². The Bertz CT molecular complexity index is 209. The zero-order valence-electron chi connectivity index (χ0n) is 7.83. The minimum atomic E-state index is -0.229. The predicted molar refractivity (Wildman–Crippen MR) is 47.3 cm³/mol. The number of rotatable bonds is 2. The first-order valence-corrected chi connectivity index (χ1v) is 4.29. The van der Waals surface area contributed by atoms with E-state index >= 15 is 0 Å². The second kappa shape index (κ2) is 3.70. The Morgan fingerprint density at radius 1 is 1.67 bits per heavy atom. The van der Waals surface area contributed by atoms with Crippen molar-refractivity contribution < 1.29 is 9.53 Å². The summed E-state index contributed by atoms with van der Waals surface area (Å²) in [6, 6.07) is -0.229. The second-order valence-corrected chi connectivity index (χ2v) is 3.35. The van der Waals surface area contributed by atoms with Crippen LogP contribution in [0.4, 0.5) is 0 Å². The summed E-state index contributed by atoms with van der Waals surface area (Å²) in [5.41, 5.74) is 1.14. The minimum Gasteiger partial charge on any atom is -0.467 e. The van der Waals surface area contributed by atoms with Gasteiger partial charge in [-0.2, -0.15) is 0 Å². The van der Waals surface area contributed by atoms with Gasteiger partial charge in [-0.1, -0.05) is 13.8 Å².